The van der Waals surface area contributed by atoms with Crippen molar-refractivity contribution in [2.75, 3.05) is 6.61 Å². The first-order valence-corrected chi connectivity index (χ1v) is 4.13. The predicted octanol–water partition coefficient (Wildman–Crippen LogP) is 0.906. The lowest BCUT2D eigenvalue weighted by Gasteiger charge is -2.13. The highest BCUT2D eigenvalue weighted by atomic mass is 16.5. The summed E-state index contributed by atoms with van der Waals surface area (Å²) in [6.07, 6.45) is 9.42. The molecule has 0 aromatic heterocycles. The molecule has 2 N–H and O–H groups in total. The molecular weight excluding hydrogens is 138 g/mol. The Morgan fingerprint density at radius 2 is 2.55 bits per heavy atom. The minimum atomic E-state index is 0.128. The Labute approximate surface area is 68.1 Å². The smallest absolute Gasteiger partial charge is 0.0591 e. The van der Waals surface area contributed by atoms with Gasteiger partial charge in [-0.2, -0.15) is 0 Å². The van der Waals surface area contributed by atoms with Crippen LogP contribution in [0.5, 0.6) is 0 Å². The molecule has 0 amide bonds. The van der Waals surface area contributed by atoms with E-state index in [0.717, 1.165) is 19.4 Å². The maximum absolute atomic E-state index is 5.74. The molecule has 2 unspecified atom stereocenters. The van der Waals surface area contributed by atoms with Gasteiger partial charge < -0.3 is 10.5 Å². The van der Waals surface area contributed by atoms with Crippen molar-refractivity contribution < 1.29 is 4.74 Å². The fourth-order valence-electron chi connectivity index (χ4n) is 1.40. The molecule has 11 heavy (non-hydrogen) atoms. The van der Waals surface area contributed by atoms with E-state index in [0.29, 0.717) is 12.5 Å². The van der Waals surface area contributed by atoms with Gasteiger partial charge >= 0.3 is 0 Å². The van der Waals surface area contributed by atoms with E-state index in [4.69, 9.17) is 16.9 Å². The molecular formula is C9H15NO. The van der Waals surface area contributed by atoms with Crippen molar-refractivity contribution in [3.05, 3.63) is 0 Å². The van der Waals surface area contributed by atoms with Crippen LogP contribution >= 0.6 is 0 Å². The van der Waals surface area contributed by atoms with E-state index in [1.807, 2.05) is 0 Å². The van der Waals surface area contributed by atoms with Crippen LogP contribution in [0.2, 0.25) is 0 Å². The molecule has 0 aromatic carbocycles. The SMILES string of the molecule is C#CCC(N)CC1CCCO1. The Bertz CT molecular complexity index is 144. The van der Waals surface area contributed by atoms with Crippen LogP contribution in [0.3, 0.4) is 0 Å². The zero-order valence-electron chi connectivity index (χ0n) is 6.75. The van der Waals surface area contributed by atoms with E-state index in [1.165, 1.54) is 6.42 Å². The molecule has 0 bridgehead atoms. The molecule has 1 aliphatic rings. The molecule has 1 saturated heterocycles. The Morgan fingerprint density at radius 3 is 3.09 bits per heavy atom. The van der Waals surface area contributed by atoms with Gasteiger partial charge in [0.25, 0.3) is 0 Å². The van der Waals surface area contributed by atoms with Gasteiger partial charge in [-0.3, -0.25) is 0 Å². The third-order valence-electron chi connectivity index (χ3n) is 1.97. The average Bonchev–Trinajstić information content (AvgIpc) is 2.40. The minimum Gasteiger partial charge on any atom is -0.378 e. The number of nitrogens with two attached hydrogens (primary N) is 1. The quantitative estimate of drug-likeness (QED) is 0.611. The van der Waals surface area contributed by atoms with Crippen molar-refractivity contribution in [1.82, 2.24) is 0 Å². The Kier molecular flexibility index (Phi) is 3.41. The first-order valence-electron chi connectivity index (χ1n) is 4.13. The summed E-state index contributed by atoms with van der Waals surface area (Å²) in [5.74, 6) is 2.56. The fourth-order valence-corrected chi connectivity index (χ4v) is 1.40. The zero-order chi connectivity index (χ0) is 8.10. The molecule has 0 aromatic rings. The molecule has 2 nitrogen and oxygen atoms in total. The topological polar surface area (TPSA) is 35.2 Å². The third-order valence-corrected chi connectivity index (χ3v) is 1.97. The van der Waals surface area contributed by atoms with E-state index >= 15 is 0 Å². The molecule has 0 aliphatic carbocycles. The second-order valence-corrected chi connectivity index (χ2v) is 3.04. The van der Waals surface area contributed by atoms with Gasteiger partial charge in [0.2, 0.25) is 0 Å². The summed E-state index contributed by atoms with van der Waals surface area (Å²) in [4.78, 5) is 0. The standard InChI is InChI=1S/C9H15NO/c1-2-4-8(10)7-9-5-3-6-11-9/h1,8-9H,3-7,10H2. The van der Waals surface area contributed by atoms with Crippen LogP contribution in [-0.4, -0.2) is 18.8 Å². The first-order chi connectivity index (χ1) is 5.33. The second kappa shape index (κ2) is 4.38. The van der Waals surface area contributed by atoms with Gasteiger partial charge in [-0.25, -0.2) is 0 Å². The van der Waals surface area contributed by atoms with E-state index in [-0.39, 0.29) is 6.04 Å². The van der Waals surface area contributed by atoms with Gasteiger partial charge in [-0.05, 0) is 19.3 Å². The fraction of sp³-hybridized carbons (Fsp3) is 0.778. The highest BCUT2D eigenvalue weighted by Gasteiger charge is 2.17. The summed E-state index contributed by atoms with van der Waals surface area (Å²) in [6.45, 7) is 0.896. The average molecular weight is 153 g/mol. The van der Waals surface area contributed by atoms with Crippen molar-refractivity contribution in [2.24, 2.45) is 5.73 Å². The van der Waals surface area contributed by atoms with Crippen LogP contribution < -0.4 is 5.73 Å². The van der Waals surface area contributed by atoms with Crippen LogP contribution in [0.25, 0.3) is 0 Å². The van der Waals surface area contributed by atoms with Crippen molar-refractivity contribution in [1.29, 1.82) is 0 Å². The Hall–Kier alpha value is -0.520. The van der Waals surface area contributed by atoms with Crippen LogP contribution in [0.15, 0.2) is 0 Å². The number of rotatable bonds is 3. The van der Waals surface area contributed by atoms with E-state index in [2.05, 4.69) is 5.92 Å². The van der Waals surface area contributed by atoms with Crippen LogP contribution in [-0.2, 0) is 4.74 Å². The second-order valence-electron chi connectivity index (χ2n) is 3.04. The molecule has 0 spiro atoms. The van der Waals surface area contributed by atoms with Gasteiger partial charge in [0.1, 0.15) is 0 Å². The van der Waals surface area contributed by atoms with Crippen molar-refractivity contribution in [3.8, 4) is 12.3 Å². The zero-order valence-corrected chi connectivity index (χ0v) is 6.75. The van der Waals surface area contributed by atoms with Crippen LogP contribution in [0.1, 0.15) is 25.7 Å². The van der Waals surface area contributed by atoms with E-state index in [9.17, 15) is 0 Å². The molecule has 2 atom stereocenters. The molecule has 1 fully saturated rings. The van der Waals surface area contributed by atoms with E-state index in [1.54, 1.807) is 0 Å². The molecule has 1 aliphatic heterocycles. The summed E-state index contributed by atoms with van der Waals surface area (Å²) in [5, 5.41) is 0. The lowest BCUT2D eigenvalue weighted by Crippen LogP contribution is -2.25. The van der Waals surface area contributed by atoms with Gasteiger partial charge in [0.05, 0.1) is 6.10 Å². The molecule has 0 radical (unpaired) electrons. The molecule has 1 heterocycles. The van der Waals surface area contributed by atoms with Gasteiger partial charge in [0, 0.05) is 19.1 Å². The normalized spacial score (nSPS) is 26.4. The highest BCUT2D eigenvalue weighted by Crippen LogP contribution is 2.16. The maximum Gasteiger partial charge on any atom is 0.0591 e. The number of hydrogen-bond acceptors (Lipinski definition) is 2. The van der Waals surface area contributed by atoms with Gasteiger partial charge in [-0.1, -0.05) is 0 Å². The van der Waals surface area contributed by atoms with Crippen molar-refractivity contribution in [2.45, 2.75) is 37.8 Å². The number of ether oxygens (including phenoxy) is 1. The summed E-state index contributed by atoms with van der Waals surface area (Å²) in [7, 11) is 0. The highest BCUT2D eigenvalue weighted by molar-refractivity contribution is 4.89. The lowest BCUT2D eigenvalue weighted by molar-refractivity contribution is 0.0987. The van der Waals surface area contributed by atoms with Gasteiger partial charge in [-0.15, -0.1) is 12.3 Å². The maximum atomic E-state index is 5.74. The molecule has 62 valence electrons. The predicted molar refractivity (Wildman–Crippen MR) is 45.0 cm³/mol. The summed E-state index contributed by atoms with van der Waals surface area (Å²) in [5.41, 5.74) is 5.74. The number of hydrogen-bond donors (Lipinski definition) is 1. The first kappa shape index (κ1) is 8.58. The monoisotopic (exact) mass is 153 g/mol. The number of terminal acetylenes is 1. The largest absolute Gasteiger partial charge is 0.378 e. The van der Waals surface area contributed by atoms with Crippen molar-refractivity contribution in [3.63, 3.8) is 0 Å². The van der Waals surface area contributed by atoms with Gasteiger partial charge in [0.15, 0.2) is 0 Å². The summed E-state index contributed by atoms with van der Waals surface area (Å²) >= 11 is 0. The molecule has 1 rings (SSSR count). The minimum absolute atomic E-state index is 0.128. The summed E-state index contributed by atoms with van der Waals surface area (Å²) < 4.78 is 5.42. The van der Waals surface area contributed by atoms with E-state index < -0.39 is 0 Å². The van der Waals surface area contributed by atoms with Crippen molar-refractivity contribution >= 4 is 0 Å². The molecule has 0 saturated carbocycles. The summed E-state index contributed by atoms with van der Waals surface area (Å²) in [6, 6.07) is 0.128. The van der Waals surface area contributed by atoms with Crippen LogP contribution in [0, 0.1) is 12.3 Å². The third kappa shape index (κ3) is 2.92. The Morgan fingerprint density at radius 1 is 1.73 bits per heavy atom. The lowest BCUT2D eigenvalue weighted by atomic mass is 10.1. The van der Waals surface area contributed by atoms with Crippen LogP contribution in [0.4, 0.5) is 0 Å². The molecule has 2 heteroatoms. The Balaban J connectivity index is 2.14.